The first-order valence-corrected chi connectivity index (χ1v) is 9.41. The van der Waals surface area contributed by atoms with E-state index in [4.69, 9.17) is 9.15 Å². The second kappa shape index (κ2) is 7.33. The van der Waals surface area contributed by atoms with Crippen LogP contribution in [0.15, 0.2) is 39.5 Å². The fourth-order valence-corrected chi connectivity index (χ4v) is 3.89. The molecule has 7 nitrogen and oxygen atoms in total. The number of hydrogen-bond donors (Lipinski definition) is 1. The van der Waals surface area contributed by atoms with Crippen LogP contribution >= 0.6 is 0 Å². The van der Waals surface area contributed by atoms with Crippen molar-refractivity contribution < 1.29 is 13.9 Å². The van der Waals surface area contributed by atoms with Crippen LogP contribution in [0.1, 0.15) is 19.4 Å². The lowest BCUT2D eigenvalue weighted by molar-refractivity contribution is -0.121. The number of carbonyl (C=O) groups excluding carboxylic acids is 1. The van der Waals surface area contributed by atoms with Gasteiger partial charge in [0.15, 0.2) is 0 Å². The number of aromatic nitrogens is 1. The van der Waals surface area contributed by atoms with Crippen LogP contribution in [0.2, 0.25) is 0 Å². The van der Waals surface area contributed by atoms with E-state index in [0.717, 1.165) is 5.39 Å². The summed E-state index contributed by atoms with van der Waals surface area (Å²) in [5, 5.41) is 4.05. The number of hydrogen-bond acceptors (Lipinski definition) is 6. The van der Waals surface area contributed by atoms with Crippen molar-refractivity contribution >= 4 is 33.6 Å². The number of carbonyl (C=O) groups is 1. The van der Waals surface area contributed by atoms with Gasteiger partial charge in [0.1, 0.15) is 11.4 Å². The van der Waals surface area contributed by atoms with Crippen LogP contribution in [0.5, 0.6) is 0 Å². The Hall–Kier alpha value is -2.77. The van der Waals surface area contributed by atoms with E-state index in [1.807, 2.05) is 32.9 Å². The molecule has 146 valence electrons. The SMILES string of the molecule is Cc1cc(NC(=O)CN2CC(C)OC(C)C2)nc2c1c(=O)oc1ccccc12. The van der Waals surface area contributed by atoms with Crippen molar-refractivity contribution in [2.45, 2.75) is 33.0 Å². The van der Waals surface area contributed by atoms with E-state index in [0.29, 0.717) is 41.0 Å². The lowest BCUT2D eigenvalue weighted by atomic mass is 10.1. The monoisotopic (exact) mass is 381 g/mol. The predicted molar refractivity (Wildman–Crippen MR) is 108 cm³/mol. The number of amides is 1. The zero-order valence-electron chi connectivity index (χ0n) is 16.2. The fourth-order valence-electron chi connectivity index (χ4n) is 3.89. The molecule has 4 rings (SSSR count). The smallest absolute Gasteiger partial charge is 0.346 e. The topological polar surface area (TPSA) is 84.7 Å². The maximum Gasteiger partial charge on any atom is 0.346 e. The van der Waals surface area contributed by atoms with Crippen LogP contribution in [-0.4, -0.2) is 47.6 Å². The molecule has 7 heteroatoms. The van der Waals surface area contributed by atoms with E-state index in [1.165, 1.54) is 0 Å². The number of aryl methyl sites for hydroxylation is 1. The number of fused-ring (bicyclic) bond motifs is 3. The largest absolute Gasteiger partial charge is 0.422 e. The van der Waals surface area contributed by atoms with E-state index in [1.54, 1.807) is 18.2 Å². The van der Waals surface area contributed by atoms with Gasteiger partial charge in [0.05, 0.1) is 29.7 Å². The zero-order chi connectivity index (χ0) is 19.8. The van der Waals surface area contributed by atoms with E-state index in [2.05, 4.69) is 15.2 Å². The third-order valence-corrected chi connectivity index (χ3v) is 4.90. The normalized spacial score (nSPS) is 20.5. The molecule has 1 amide bonds. The number of pyridine rings is 1. The molecule has 2 unspecified atom stereocenters. The van der Waals surface area contributed by atoms with Crippen molar-refractivity contribution in [1.82, 2.24) is 9.88 Å². The number of benzene rings is 1. The van der Waals surface area contributed by atoms with Gasteiger partial charge >= 0.3 is 5.63 Å². The Balaban J connectivity index is 1.63. The third-order valence-electron chi connectivity index (χ3n) is 4.90. The Morgan fingerprint density at radius 2 is 1.96 bits per heavy atom. The maximum atomic E-state index is 12.6. The van der Waals surface area contributed by atoms with Crippen LogP contribution in [-0.2, 0) is 9.53 Å². The average molecular weight is 381 g/mol. The molecule has 1 fully saturated rings. The predicted octanol–water partition coefficient (Wildman–Crippen LogP) is 2.70. The first-order chi connectivity index (χ1) is 13.4. The highest BCUT2D eigenvalue weighted by Gasteiger charge is 2.24. The molecule has 28 heavy (non-hydrogen) atoms. The van der Waals surface area contributed by atoms with Gasteiger partial charge in [0.2, 0.25) is 5.91 Å². The highest BCUT2D eigenvalue weighted by molar-refractivity contribution is 6.04. The number of rotatable bonds is 3. The molecular formula is C21H23N3O4. The number of ether oxygens (including phenoxy) is 1. The second-order valence-electron chi connectivity index (χ2n) is 7.43. The van der Waals surface area contributed by atoms with Gasteiger partial charge in [0, 0.05) is 18.5 Å². The first kappa shape index (κ1) is 18.6. The minimum Gasteiger partial charge on any atom is -0.422 e. The quantitative estimate of drug-likeness (QED) is 0.555. The van der Waals surface area contributed by atoms with Crippen molar-refractivity contribution in [2.24, 2.45) is 0 Å². The molecule has 1 aliphatic heterocycles. The molecule has 0 radical (unpaired) electrons. The molecule has 0 aliphatic carbocycles. The highest BCUT2D eigenvalue weighted by Crippen LogP contribution is 2.25. The van der Waals surface area contributed by atoms with Crippen molar-refractivity contribution in [3.05, 3.63) is 46.3 Å². The minimum atomic E-state index is -0.423. The zero-order valence-corrected chi connectivity index (χ0v) is 16.2. The van der Waals surface area contributed by atoms with Crippen LogP contribution < -0.4 is 10.9 Å². The van der Waals surface area contributed by atoms with Gasteiger partial charge in [-0.1, -0.05) is 12.1 Å². The van der Waals surface area contributed by atoms with E-state index >= 15 is 0 Å². The first-order valence-electron chi connectivity index (χ1n) is 9.41. The van der Waals surface area contributed by atoms with Gasteiger partial charge < -0.3 is 14.5 Å². The van der Waals surface area contributed by atoms with E-state index < -0.39 is 5.63 Å². The van der Waals surface area contributed by atoms with Crippen LogP contribution in [0.3, 0.4) is 0 Å². The summed E-state index contributed by atoms with van der Waals surface area (Å²) in [6.45, 7) is 7.53. The molecule has 2 atom stereocenters. The fraction of sp³-hybridized carbons (Fsp3) is 0.381. The summed E-state index contributed by atoms with van der Waals surface area (Å²) >= 11 is 0. The number of morpholine rings is 1. The molecule has 2 aromatic heterocycles. The van der Waals surface area contributed by atoms with Gasteiger partial charge in [-0.25, -0.2) is 9.78 Å². The molecule has 0 saturated carbocycles. The third kappa shape index (κ3) is 3.63. The summed E-state index contributed by atoms with van der Waals surface area (Å²) in [6.07, 6.45) is 0.200. The lowest BCUT2D eigenvalue weighted by Crippen LogP contribution is -2.48. The Bertz CT molecular complexity index is 1100. The standard InChI is InChI=1S/C21H23N3O4/c1-12-8-17(22-18(25)11-24-9-13(2)27-14(3)10-24)23-20-15-6-4-5-7-16(15)28-21(26)19(12)20/h4-8,13-14H,9-11H2,1-3H3,(H,22,23,25). The summed E-state index contributed by atoms with van der Waals surface area (Å²) in [4.78, 5) is 31.5. The van der Waals surface area contributed by atoms with Crippen molar-refractivity contribution in [3.8, 4) is 0 Å². The van der Waals surface area contributed by atoms with E-state index in [-0.39, 0.29) is 24.7 Å². The van der Waals surface area contributed by atoms with Gasteiger partial charge in [-0.05, 0) is 44.5 Å². The molecular weight excluding hydrogens is 358 g/mol. The molecule has 1 N–H and O–H groups in total. The Morgan fingerprint density at radius 3 is 2.71 bits per heavy atom. The molecule has 1 aromatic carbocycles. The summed E-state index contributed by atoms with van der Waals surface area (Å²) in [5.74, 6) is 0.292. The average Bonchev–Trinajstić information content (AvgIpc) is 2.60. The maximum absolute atomic E-state index is 12.6. The van der Waals surface area contributed by atoms with E-state index in [9.17, 15) is 9.59 Å². The Morgan fingerprint density at radius 1 is 1.25 bits per heavy atom. The van der Waals surface area contributed by atoms with Gasteiger partial charge in [0.25, 0.3) is 0 Å². The van der Waals surface area contributed by atoms with Gasteiger partial charge in [-0.15, -0.1) is 0 Å². The highest BCUT2D eigenvalue weighted by atomic mass is 16.5. The Kier molecular flexibility index (Phi) is 4.87. The summed E-state index contributed by atoms with van der Waals surface area (Å²) in [5.41, 5.74) is 1.31. The molecule has 3 heterocycles. The van der Waals surface area contributed by atoms with Gasteiger partial charge in [-0.2, -0.15) is 0 Å². The molecule has 0 spiro atoms. The minimum absolute atomic E-state index is 0.100. The molecule has 3 aromatic rings. The Labute approximate surface area is 162 Å². The number of nitrogens with one attached hydrogen (secondary N) is 1. The summed E-state index contributed by atoms with van der Waals surface area (Å²) in [7, 11) is 0. The van der Waals surface area contributed by atoms with Crippen molar-refractivity contribution in [1.29, 1.82) is 0 Å². The van der Waals surface area contributed by atoms with Gasteiger partial charge in [-0.3, -0.25) is 9.69 Å². The summed E-state index contributed by atoms with van der Waals surface area (Å²) < 4.78 is 11.1. The van der Waals surface area contributed by atoms with Crippen LogP contribution in [0.4, 0.5) is 5.82 Å². The summed E-state index contributed by atoms with van der Waals surface area (Å²) in [6, 6.07) is 8.97. The van der Waals surface area contributed by atoms with Crippen molar-refractivity contribution in [3.63, 3.8) is 0 Å². The van der Waals surface area contributed by atoms with Crippen LogP contribution in [0.25, 0.3) is 21.9 Å². The number of nitrogens with zero attached hydrogens (tertiary/aromatic N) is 2. The second-order valence-corrected chi connectivity index (χ2v) is 7.43. The molecule has 1 saturated heterocycles. The molecule has 0 bridgehead atoms. The number of para-hydroxylation sites is 1. The molecule has 1 aliphatic rings. The number of anilines is 1. The van der Waals surface area contributed by atoms with Crippen LogP contribution in [0, 0.1) is 6.92 Å². The van der Waals surface area contributed by atoms with Crippen molar-refractivity contribution in [2.75, 3.05) is 25.0 Å². The lowest BCUT2D eigenvalue weighted by Gasteiger charge is -2.34.